The number of guanidine groups is 1. The molecule has 1 atom stereocenters. The molecule has 0 aliphatic carbocycles. The first-order valence-electron chi connectivity index (χ1n) is 10.0. The Kier molecular flexibility index (Phi) is 11.3. The number of nitrogens with zero attached hydrogens (tertiary/aromatic N) is 3. The maximum atomic E-state index is 12.2. The summed E-state index contributed by atoms with van der Waals surface area (Å²) in [6.45, 7) is 5.79. The van der Waals surface area contributed by atoms with Crippen molar-refractivity contribution in [2.24, 2.45) is 10.7 Å². The number of likely N-dealkylation sites (tertiary alicyclic amines) is 1. The van der Waals surface area contributed by atoms with Gasteiger partial charge in [0, 0.05) is 33.7 Å². The first-order chi connectivity index (χ1) is 12.1. The number of nitrogens with one attached hydrogen (secondary N) is 1. The molecule has 1 aliphatic rings. The smallest absolute Gasteiger partial charge is 0.239 e. The number of unbranched alkanes of at least 4 members (excludes halogenated alkanes) is 5. The van der Waals surface area contributed by atoms with Gasteiger partial charge in [-0.2, -0.15) is 0 Å². The molecule has 1 saturated heterocycles. The van der Waals surface area contributed by atoms with E-state index < -0.39 is 0 Å². The summed E-state index contributed by atoms with van der Waals surface area (Å²) in [5, 5.41) is 3.20. The van der Waals surface area contributed by atoms with E-state index in [4.69, 9.17) is 5.73 Å². The van der Waals surface area contributed by atoms with Crippen LogP contribution >= 0.6 is 0 Å². The lowest BCUT2D eigenvalue weighted by Crippen LogP contribution is -2.43. The number of carbonyl (C=O) groups excluding carboxylic acids is 1. The van der Waals surface area contributed by atoms with Gasteiger partial charge >= 0.3 is 0 Å². The van der Waals surface area contributed by atoms with E-state index in [0.717, 1.165) is 45.3 Å². The Bertz CT molecular complexity index is 397. The molecule has 0 saturated carbocycles. The quantitative estimate of drug-likeness (QED) is 0.320. The summed E-state index contributed by atoms with van der Waals surface area (Å²) in [6.07, 6.45) is 10.7. The Morgan fingerprint density at radius 2 is 1.92 bits per heavy atom. The first kappa shape index (κ1) is 21.7. The van der Waals surface area contributed by atoms with Crippen LogP contribution in [0.2, 0.25) is 0 Å². The molecule has 0 aromatic heterocycles. The van der Waals surface area contributed by atoms with E-state index >= 15 is 0 Å². The van der Waals surface area contributed by atoms with Gasteiger partial charge in [-0.1, -0.05) is 39.0 Å². The predicted octanol–water partition coefficient (Wildman–Crippen LogP) is 2.19. The molecular weight excluding hydrogens is 314 g/mol. The van der Waals surface area contributed by atoms with Crippen LogP contribution in [0.3, 0.4) is 0 Å². The maximum Gasteiger partial charge on any atom is 0.239 e. The SMILES string of the molecule is CCCCCCCCNC(N)=NCCCN1CCCC1C(=O)N(C)C. The average Bonchev–Trinajstić information content (AvgIpc) is 3.05. The van der Waals surface area contributed by atoms with Crippen molar-refractivity contribution in [2.75, 3.05) is 40.3 Å². The van der Waals surface area contributed by atoms with Gasteiger partial charge in [0.15, 0.2) is 5.96 Å². The monoisotopic (exact) mass is 353 g/mol. The van der Waals surface area contributed by atoms with Gasteiger partial charge in [0.2, 0.25) is 5.91 Å². The Hall–Kier alpha value is -1.30. The minimum atomic E-state index is 0.0576. The Labute approximate surface area is 154 Å². The molecule has 146 valence electrons. The number of amides is 1. The minimum Gasteiger partial charge on any atom is -0.370 e. The molecule has 0 aromatic carbocycles. The molecule has 1 amide bonds. The fraction of sp³-hybridized carbons (Fsp3) is 0.895. The topological polar surface area (TPSA) is 74.0 Å². The third-order valence-electron chi connectivity index (χ3n) is 4.81. The number of nitrogens with two attached hydrogens (primary N) is 1. The van der Waals surface area contributed by atoms with E-state index in [1.807, 2.05) is 14.1 Å². The molecular formula is C19H39N5O. The lowest BCUT2D eigenvalue weighted by molar-refractivity contribution is -0.133. The van der Waals surface area contributed by atoms with Crippen molar-refractivity contribution in [3.8, 4) is 0 Å². The van der Waals surface area contributed by atoms with Crippen LogP contribution in [0, 0.1) is 0 Å². The van der Waals surface area contributed by atoms with Crippen molar-refractivity contribution in [3.63, 3.8) is 0 Å². The molecule has 0 aromatic rings. The van der Waals surface area contributed by atoms with Gasteiger partial charge in [0.05, 0.1) is 6.04 Å². The first-order valence-corrected chi connectivity index (χ1v) is 10.0. The third kappa shape index (κ3) is 9.10. The summed E-state index contributed by atoms with van der Waals surface area (Å²) in [4.78, 5) is 20.5. The molecule has 1 aliphatic heterocycles. The molecule has 3 N–H and O–H groups in total. The van der Waals surface area contributed by atoms with E-state index in [1.165, 1.54) is 32.1 Å². The Balaban J connectivity index is 2.10. The van der Waals surface area contributed by atoms with Crippen molar-refractivity contribution in [3.05, 3.63) is 0 Å². The second-order valence-corrected chi connectivity index (χ2v) is 7.24. The highest BCUT2D eigenvalue weighted by Gasteiger charge is 2.30. The molecule has 1 rings (SSSR count). The van der Waals surface area contributed by atoms with Crippen LogP contribution in [0.25, 0.3) is 0 Å². The number of aliphatic imine (C=N–C) groups is 1. The van der Waals surface area contributed by atoms with Gasteiger partial charge in [0.25, 0.3) is 0 Å². The summed E-state index contributed by atoms with van der Waals surface area (Å²) in [7, 11) is 3.67. The molecule has 25 heavy (non-hydrogen) atoms. The lowest BCUT2D eigenvalue weighted by Gasteiger charge is -2.25. The molecule has 0 bridgehead atoms. The standard InChI is InChI=1S/C19H39N5O/c1-4-5-6-7-8-9-13-21-19(20)22-14-11-16-24-15-10-12-17(24)18(25)23(2)3/h17H,4-16H2,1-3H3,(H3,20,21,22). The predicted molar refractivity (Wildman–Crippen MR) is 106 cm³/mol. The normalized spacial score (nSPS) is 18.5. The molecule has 1 unspecified atom stereocenters. The van der Waals surface area contributed by atoms with Crippen LogP contribution in [0.4, 0.5) is 0 Å². The number of hydrogen-bond donors (Lipinski definition) is 2. The van der Waals surface area contributed by atoms with Crippen molar-refractivity contribution in [2.45, 2.75) is 70.8 Å². The third-order valence-corrected chi connectivity index (χ3v) is 4.81. The Morgan fingerprint density at radius 1 is 1.20 bits per heavy atom. The van der Waals surface area contributed by atoms with Crippen molar-refractivity contribution >= 4 is 11.9 Å². The number of carbonyl (C=O) groups is 1. The summed E-state index contributed by atoms with van der Waals surface area (Å²) >= 11 is 0. The van der Waals surface area contributed by atoms with Crippen LogP contribution in [-0.4, -0.2) is 68.0 Å². The molecule has 0 radical (unpaired) electrons. The number of rotatable bonds is 12. The molecule has 1 heterocycles. The summed E-state index contributed by atoms with van der Waals surface area (Å²) in [5.74, 6) is 0.775. The molecule has 6 nitrogen and oxygen atoms in total. The van der Waals surface area contributed by atoms with Gasteiger partial charge in [0.1, 0.15) is 0 Å². The van der Waals surface area contributed by atoms with Crippen molar-refractivity contribution in [1.29, 1.82) is 0 Å². The zero-order valence-electron chi connectivity index (χ0n) is 16.6. The van der Waals surface area contributed by atoms with Gasteiger partial charge in [-0.05, 0) is 32.2 Å². The average molecular weight is 354 g/mol. The Morgan fingerprint density at radius 3 is 2.64 bits per heavy atom. The lowest BCUT2D eigenvalue weighted by atomic mass is 10.1. The van der Waals surface area contributed by atoms with Crippen LogP contribution < -0.4 is 11.1 Å². The van der Waals surface area contributed by atoms with Gasteiger partial charge in [-0.3, -0.25) is 14.7 Å². The minimum absolute atomic E-state index is 0.0576. The second kappa shape index (κ2) is 13.0. The van der Waals surface area contributed by atoms with Gasteiger partial charge < -0.3 is 16.0 Å². The van der Waals surface area contributed by atoms with E-state index in [1.54, 1.807) is 4.90 Å². The fourth-order valence-electron chi connectivity index (χ4n) is 3.32. The van der Waals surface area contributed by atoms with Crippen molar-refractivity contribution in [1.82, 2.24) is 15.1 Å². The zero-order chi connectivity index (χ0) is 18.5. The highest BCUT2D eigenvalue weighted by atomic mass is 16.2. The highest BCUT2D eigenvalue weighted by molar-refractivity contribution is 5.81. The van der Waals surface area contributed by atoms with E-state index in [0.29, 0.717) is 12.5 Å². The van der Waals surface area contributed by atoms with Crippen LogP contribution in [-0.2, 0) is 4.79 Å². The highest BCUT2D eigenvalue weighted by Crippen LogP contribution is 2.18. The fourth-order valence-corrected chi connectivity index (χ4v) is 3.32. The zero-order valence-corrected chi connectivity index (χ0v) is 16.6. The molecule has 6 heteroatoms. The van der Waals surface area contributed by atoms with E-state index in [2.05, 4.69) is 22.1 Å². The van der Waals surface area contributed by atoms with Gasteiger partial charge in [-0.25, -0.2) is 0 Å². The van der Waals surface area contributed by atoms with Gasteiger partial charge in [-0.15, -0.1) is 0 Å². The summed E-state index contributed by atoms with van der Waals surface area (Å²) in [5.41, 5.74) is 5.91. The number of hydrogen-bond acceptors (Lipinski definition) is 3. The van der Waals surface area contributed by atoms with Crippen LogP contribution in [0.15, 0.2) is 4.99 Å². The van der Waals surface area contributed by atoms with E-state index in [-0.39, 0.29) is 11.9 Å². The number of likely N-dealkylation sites (N-methyl/N-ethyl adjacent to an activating group) is 1. The molecule has 0 spiro atoms. The van der Waals surface area contributed by atoms with Crippen LogP contribution in [0.1, 0.15) is 64.7 Å². The summed E-state index contributed by atoms with van der Waals surface area (Å²) < 4.78 is 0. The van der Waals surface area contributed by atoms with Crippen molar-refractivity contribution < 1.29 is 4.79 Å². The maximum absolute atomic E-state index is 12.2. The molecule has 1 fully saturated rings. The largest absolute Gasteiger partial charge is 0.370 e. The van der Waals surface area contributed by atoms with Crippen LogP contribution in [0.5, 0.6) is 0 Å². The second-order valence-electron chi connectivity index (χ2n) is 7.24. The summed E-state index contributed by atoms with van der Waals surface area (Å²) in [6, 6.07) is 0.0576. The van der Waals surface area contributed by atoms with E-state index in [9.17, 15) is 4.79 Å².